The zero-order chi connectivity index (χ0) is 101. The molecule has 3 aromatic rings. The molecule has 1 spiro atoms. The van der Waals surface area contributed by atoms with E-state index in [1.807, 2.05) is 0 Å². The van der Waals surface area contributed by atoms with E-state index in [9.17, 15) is 142 Å². The SMILES string of the molecule is CC[C@H](C)[C@H](NC(=O)[C@H](CO)CC(=O)[C@H](Cc1ccc(O)cc1)NC(=O)[C@H](CC(=O)O)CC(=O)[C@H](CO)NC(=O)[C@@H](CC(=O)[C@H](Cc1ccccc1)NC(=O)[C@@H](CC(=O)CNC(=O)[C@H](CCC(=O)O)CC(=O)CSCC(=O)CCCN1C(=O)CC2(CCCC2)C1=O)[C@@H](C)O)[C@@H](C)O)C(=O)C[C@@H](Cc1ccc(O)cc1)C(=O)N[C@@H](CC(C)C)C(=O)C[C@@H](CC(=O)O)C(=O)N[C@H](C)CCCCN. The van der Waals surface area contributed by atoms with E-state index in [2.05, 4.69) is 37.2 Å². The van der Waals surface area contributed by atoms with Gasteiger partial charge in [-0.1, -0.05) is 108 Å². The summed E-state index contributed by atoms with van der Waals surface area (Å²) in [6.07, 6.45) is -6.80. The molecule has 9 amide bonds. The van der Waals surface area contributed by atoms with E-state index in [1.54, 1.807) is 65.0 Å². The van der Waals surface area contributed by atoms with E-state index in [4.69, 9.17) is 5.73 Å². The number of aromatic hydroxyl groups is 2. The highest BCUT2D eigenvalue weighted by Crippen LogP contribution is 2.47. The van der Waals surface area contributed by atoms with Crippen molar-refractivity contribution in [3.8, 4) is 11.5 Å². The summed E-state index contributed by atoms with van der Waals surface area (Å²) in [6.45, 7) is 8.22. The van der Waals surface area contributed by atoms with Crippen LogP contribution in [0.25, 0.3) is 0 Å². The zero-order valence-corrected chi connectivity index (χ0v) is 78.6. The van der Waals surface area contributed by atoms with Crippen molar-refractivity contribution in [1.82, 2.24) is 42.1 Å². The third-order valence-corrected chi connectivity index (χ3v) is 25.6. The second-order valence-electron chi connectivity index (χ2n) is 36.2. The Balaban J connectivity index is 1.28. The molecule has 0 unspecified atom stereocenters. The number of phenols is 2. The van der Waals surface area contributed by atoms with Crippen LogP contribution in [0.5, 0.6) is 11.5 Å². The largest absolute Gasteiger partial charge is 0.508 e. The lowest BCUT2D eigenvalue weighted by atomic mass is 9.84. The summed E-state index contributed by atoms with van der Waals surface area (Å²) in [5.41, 5.74) is 6.12. The molecule has 5 rings (SSSR count). The van der Waals surface area contributed by atoms with Crippen LogP contribution in [0, 0.1) is 58.7 Å². The maximum atomic E-state index is 14.9. The van der Waals surface area contributed by atoms with Gasteiger partial charge in [0.15, 0.2) is 34.7 Å². The molecule has 1 saturated carbocycles. The maximum absolute atomic E-state index is 14.9. The van der Waals surface area contributed by atoms with Gasteiger partial charge in [0.05, 0.1) is 115 Å². The van der Waals surface area contributed by atoms with Crippen LogP contribution in [0.15, 0.2) is 78.9 Å². The Hall–Kier alpha value is -11.4. The number of carbonyl (C=O) groups is 20. The summed E-state index contributed by atoms with van der Waals surface area (Å²) in [7, 11) is 0. The first kappa shape index (κ1) is 114. The molecule has 0 radical (unpaired) electrons. The summed E-state index contributed by atoms with van der Waals surface area (Å²) in [5, 5.41) is 111. The molecule has 2 fully saturated rings. The topological polar surface area (TPSA) is 637 Å². The van der Waals surface area contributed by atoms with Crippen LogP contribution in [-0.4, -0.2) is 261 Å². The lowest BCUT2D eigenvalue weighted by Gasteiger charge is -2.28. The third kappa shape index (κ3) is 39.1. The van der Waals surface area contributed by atoms with Gasteiger partial charge in [0.2, 0.25) is 53.2 Å². The number of ketones is 8. The summed E-state index contributed by atoms with van der Waals surface area (Å²) in [6, 6.07) is 10.4. The molecule has 1 aliphatic heterocycles. The molecular weight excluding hydrogens is 1780 g/mol. The Morgan fingerprint density at radius 2 is 0.926 bits per heavy atom. The number of carbonyl (C=O) groups excluding carboxylic acids is 17. The van der Waals surface area contributed by atoms with Gasteiger partial charge in [-0.25, -0.2) is 0 Å². The van der Waals surface area contributed by atoms with Crippen molar-refractivity contribution in [2.75, 3.05) is 44.4 Å². The second kappa shape index (κ2) is 57.5. The van der Waals surface area contributed by atoms with Crippen molar-refractivity contribution in [2.24, 2.45) is 64.4 Å². The number of nitrogens with zero attached hydrogens (tertiary/aromatic N) is 1. The molecule has 135 heavy (non-hydrogen) atoms. The van der Waals surface area contributed by atoms with Crippen molar-refractivity contribution < 1.29 is 142 Å². The van der Waals surface area contributed by atoms with Crippen LogP contribution in [0.4, 0.5) is 0 Å². The highest BCUT2D eigenvalue weighted by atomic mass is 32.2. The van der Waals surface area contributed by atoms with Crippen LogP contribution in [-0.2, 0) is 115 Å². The molecule has 744 valence electrons. The number of Topliss-reactive ketones (excluding diaryl/α,β-unsaturated/α-hetero) is 8. The lowest BCUT2D eigenvalue weighted by Crippen LogP contribution is -2.52. The number of aliphatic hydroxyl groups excluding tert-OH is 4. The normalized spacial score (nSPS) is 16.5. The fourth-order valence-corrected chi connectivity index (χ4v) is 17.3. The van der Waals surface area contributed by atoms with Crippen molar-refractivity contribution >= 4 is 129 Å². The van der Waals surface area contributed by atoms with E-state index in [0.717, 1.165) is 38.5 Å². The number of imide groups is 1. The highest BCUT2D eigenvalue weighted by Gasteiger charge is 2.52. The van der Waals surface area contributed by atoms with Crippen LogP contribution in [0.1, 0.15) is 213 Å². The number of hydrogen-bond donors (Lipinski definition) is 17. The average Bonchev–Trinajstić information content (AvgIpc) is 1.61. The standard InChI is InChI=1S/C96H135N9O29S/c1-8-55(4)87(82(119)42-63(36-60-21-26-67(110)27-22-60)90(129)100-74(35-54(2)3)78(115)40-64(44-85(123)124)89(128)99-56(5)17-12-15-33-97)104-92(131)66(50-106)43-79(116)75(38-61-23-28-68(111)29-24-61)101-91(130)65(45-86(125)126)41-80(117)77(51-107)103-94(133)73(58(7)109)47-81(118)76(37-59-18-10-9-11-19-59)102-93(132)72(57(6)108)46-70(113)49-98-88(127)62(25-30-84(121)122)39-71(114)53-135-52-69(112)20-16-34-105-83(120)48-96(95(105)134)31-13-14-32-96/h9-11,18-19,21-24,26-29,54-58,62-66,72-77,87,106-111H,8,12-17,20,25,30-53,97H2,1-7H3,(H,98,127)(H,99,128)(H,100,129)(H,101,130)(H,102,132)(H,103,133)(H,104,131)(H,121,122)(H,123,124)(H,125,126)/t55-,56+,57+,58+,62+,63+,64-,65-,66-,72-,73-,74-,75-,76-,77-,87-/m0/s1. The van der Waals surface area contributed by atoms with Gasteiger partial charge in [-0.3, -0.25) is 101 Å². The number of unbranched alkanes of at least 4 members (excludes halogenated alkanes) is 1. The number of benzene rings is 3. The number of carboxylic acid groups (broad SMARTS) is 3. The molecular formula is C96H135N9O29S. The minimum absolute atomic E-state index is 0.0237. The summed E-state index contributed by atoms with van der Waals surface area (Å²) in [5.74, 6) is -30.6. The molecule has 1 saturated heterocycles. The number of thioether (sulfide) groups is 1. The van der Waals surface area contributed by atoms with E-state index in [0.29, 0.717) is 49.8 Å². The van der Waals surface area contributed by atoms with Gasteiger partial charge in [-0.15, -0.1) is 11.8 Å². The molecule has 0 aromatic heterocycles. The van der Waals surface area contributed by atoms with E-state index in [1.165, 1.54) is 53.4 Å². The van der Waals surface area contributed by atoms with Crippen molar-refractivity contribution in [3.63, 3.8) is 0 Å². The van der Waals surface area contributed by atoms with Crippen LogP contribution in [0.2, 0.25) is 0 Å². The molecule has 1 heterocycles. The van der Waals surface area contributed by atoms with Crippen LogP contribution >= 0.6 is 11.8 Å². The fraction of sp³-hybridized carbons (Fsp3) is 0.604. The van der Waals surface area contributed by atoms with Gasteiger partial charge in [0.1, 0.15) is 29.1 Å². The zero-order valence-electron chi connectivity index (χ0n) is 77.8. The predicted molar refractivity (Wildman–Crippen MR) is 490 cm³/mol. The van der Waals surface area contributed by atoms with Gasteiger partial charge >= 0.3 is 17.9 Å². The van der Waals surface area contributed by atoms with Crippen molar-refractivity contribution in [2.45, 2.75) is 264 Å². The highest BCUT2D eigenvalue weighted by molar-refractivity contribution is 8.00. The Kier molecular flexibility index (Phi) is 48.6. The number of hydrogen-bond acceptors (Lipinski definition) is 28. The molecule has 18 N–H and O–H groups in total. The molecule has 38 nitrogen and oxygen atoms in total. The molecule has 39 heteroatoms. The first-order chi connectivity index (χ1) is 63.8. The molecule has 2 aliphatic rings. The number of amides is 9. The average molecular weight is 1910 g/mol. The van der Waals surface area contributed by atoms with Gasteiger partial charge in [-0.05, 0) is 144 Å². The summed E-state index contributed by atoms with van der Waals surface area (Å²) < 4.78 is 0. The van der Waals surface area contributed by atoms with E-state index >= 15 is 0 Å². The molecule has 1 aliphatic carbocycles. The summed E-state index contributed by atoms with van der Waals surface area (Å²) in [4.78, 5) is 275. The number of rotatable bonds is 67. The maximum Gasteiger partial charge on any atom is 0.304 e. The Morgan fingerprint density at radius 3 is 1.45 bits per heavy atom. The predicted octanol–water partition coefficient (Wildman–Crippen LogP) is 3.38. The summed E-state index contributed by atoms with van der Waals surface area (Å²) >= 11 is 0.955. The van der Waals surface area contributed by atoms with Gasteiger partial charge in [-0.2, -0.15) is 0 Å². The Morgan fingerprint density at radius 1 is 0.452 bits per heavy atom. The van der Waals surface area contributed by atoms with Gasteiger partial charge in [0.25, 0.3) is 0 Å². The Bertz CT molecular complexity index is 4580. The Labute approximate surface area is 788 Å². The minimum Gasteiger partial charge on any atom is -0.508 e. The third-order valence-electron chi connectivity index (χ3n) is 24.6. The van der Waals surface area contributed by atoms with Crippen LogP contribution < -0.4 is 43.0 Å². The van der Waals surface area contributed by atoms with Crippen molar-refractivity contribution in [3.05, 3.63) is 95.6 Å². The number of carboxylic acids is 3. The number of likely N-dealkylation sites (tertiary alicyclic amines) is 1. The van der Waals surface area contributed by atoms with E-state index in [-0.39, 0.29) is 110 Å². The number of nitrogens with one attached hydrogen (secondary N) is 7. The molecule has 3 aromatic carbocycles. The second-order valence-corrected chi connectivity index (χ2v) is 37.2. The van der Waals surface area contributed by atoms with E-state index < -0.39 is 291 Å². The first-order valence-corrected chi connectivity index (χ1v) is 47.2. The number of aliphatic hydroxyl groups is 4. The van der Waals surface area contributed by atoms with Gasteiger partial charge < -0.3 is 88.9 Å². The number of phenolic OH excluding ortho intramolecular Hbond substituents is 2. The molecule has 16 atom stereocenters. The monoisotopic (exact) mass is 1910 g/mol. The molecule has 0 bridgehead atoms. The quantitative estimate of drug-likeness (QED) is 0.0284. The smallest absolute Gasteiger partial charge is 0.304 e. The number of nitrogens with two attached hydrogens (primary N) is 1. The first-order valence-electron chi connectivity index (χ1n) is 46.1. The van der Waals surface area contributed by atoms with Crippen LogP contribution in [0.3, 0.4) is 0 Å². The fourth-order valence-electron chi connectivity index (χ4n) is 16.5. The minimum atomic E-state index is -2.00. The number of aliphatic carboxylic acids is 3. The van der Waals surface area contributed by atoms with Crippen molar-refractivity contribution in [1.29, 1.82) is 0 Å². The lowest BCUT2D eigenvalue weighted by molar-refractivity contribution is -0.143. The van der Waals surface area contributed by atoms with Gasteiger partial charge in [0, 0.05) is 88.6 Å².